The first-order chi connectivity index (χ1) is 8.13. The smallest absolute Gasteiger partial charge is 0.236 e. The van der Waals surface area contributed by atoms with Gasteiger partial charge in [-0.1, -0.05) is 6.92 Å². The lowest BCUT2D eigenvalue weighted by molar-refractivity contribution is -0.131. The third-order valence-corrected chi connectivity index (χ3v) is 3.26. The Hall–Kier alpha value is -0.650. The molecule has 1 aliphatic rings. The Balaban J connectivity index is 2.08. The molecule has 0 aromatic rings. The molecule has 1 fully saturated rings. The number of nitrogens with zero attached hydrogens (tertiary/aromatic N) is 2. The zero-order chi connectivity index (χ0) is 12.7. The van der Waals surface area contributed by atoms with Crippen molar-refractivity contribution in [2.24, 2.45) is 0 Å². The predicted molar refractivity (Wildman–Crippen MR) is 67.9 cm³/mol. The zero-order valence-electron chi connectivity index (χ0n) is 11.0. The predicted octanol–water partition coefficient (Wildman–Crippen LogP) is -0.489. The molecule has 0 radical (unpaired) electrons. The van der Waals surface area contributed by atoms with Crippen LogP contribution < -0.4 is 5.32 Å². The highest BCUT2D eigenvalue weighted by molar-refractivity contribution is 5.78. The van der Waals surface area contributed by atoms with Gasteiger partial charge in [0.1, 0.15) is 0 Å². The van der Waals surface area contributed by atoms with Crippen LogP contribution in [0.2, 0.25) is 0 Å². The van der Waals surface area contributed by atoms with Crippen LogP contribution >= 0.6 is 0 Å². The van der Waals surface area contributed by atoms with E-state index in [9.17, 15) is 9.90 Å². The number of piperazine rings is 1. The summed E-state index contributed by atoms with van der Waals surface area (Å²) in [6, 6.07) is 0. The summed E-state index contributed by atoms with van der Waals surface area (Å²) < 4.78 is 0. The molecule has 1 saturated heterocycles. The van der Waals surface area contributed by atoms with Crippen LogP contribution in [0.4, 0.5) is 0 Å². The van der Waals surface area contributed by atoms with Crippen LogP contribution in [-0.2, 0) is 4.79 Å². The minimum Gasteiger partial charge on any atom is -0.393 e. The van der Waals surface area contributed by atoms with Gasteiger partial charge in [-0.25, -0.2) is 0 Å². The van der Waals surface area contributed by atoms with Gasteiger partial charge in [0.15, 0.2) is 0 Å². The molecule has 0 aromatic heterocycles. The molecule has 0 bridgehead atoms. The molecule has 0 aliphatic carbocycles. The van der Waals surface area contributed by atoms with Crippen molar-refractivity contribution in [3.05, 3.63) is 0 Å². The van der Waals surface area contributed by atoms with Gasteiger partial charge in [-0.05, 0) is 26.4 Å². The van der Waals surface area contributed by atoms with Gasteiger partial charge < -0.3 is 20.2 Å². The van der Waals surface area contributed by atoms with Gasteiger partial charge in [0.05, 0.1) is 12.6 Å². The van der Waals surface area contributed by atoms with E-state index in [4.69, 9.17) is 0 Å². The highest BCUT2D eigenvalue weighted by Crippen LogP contribution is 1.99. The summed E-state index contributed by atoms with van der Waals surface area (Å²) in [7, 11) is 2.08. The lowest BCUT2D eigenvalue weighted by atomic mass is 10.2. The molecular weight excluding hydrogens is 218 g/mol. The van der Waals surface area contributed by atoms with Crippen molar-refractivity contribution in [2.75, 3.05) is 46.3 Å². The number of aliphatic hydroxyl groups is 1. The lowest BCUT2D eigenvalue weighted by Crippen LogP contribution is -2.49. The molecule has 1 amide bonds. The number of nitrogens with one attached hydrogen (secondary N) is 1. The normalized spacial score (nSPS) is 19.4. The fraction of sp³-hybridized carbons (Fsp3) is 0.917. The molecule has 0 aromatic carbocycles. The Bertz CT molecular complexity index is 228. The minimum atomic E-state index is -0.249. The summed E-state index contributed by atoms with van der Waals surface area (Å²) in [6.45, 7) is 6.62. The van der Waals surface area contributed by atoms with Gasteiger partial charge in [-0.2, -0.15) is 0 Å². The quantitative estimate of drug-likeness (QED) is 0.618. The molecule has 1 atom stereocenters. The number of hydrogen-bond donors (Lipinski definition) is 2. The maximum absolute atomic E-state index is 11.8. The van der Waals surface area contributed by atoms with Crippen molar-refractivity contribution in [1.82, 2.24) is 15.1 Å². The van der Waals surface area contributed by atoms with E-state index in [1.165, 1.54) is 0 Å². The van der Waals surface area contributed by atoms with E-state index in [1.54, 1.807) is 0 Å². The van der Waals surface area contributed by atoms with E-state index in [1.807, 2.05) is 11.8 Å². The van der Waals surface area contributed by atoms with Crippen LogP contribution in [0.25, 0.3) is 0 Å². The molecule has 1 rings (SSSR count). The van der Waals surface area contributed by atoms with Crippen LogP contribution in [0, 0.1) is 0 Å². The van der Waals surface area contributed by atoms with Crippen molar-refractivity contribution >= 4 is 5.91 Å². The van der Waals surface area contributed by atoms with E-state index < -0.39 is 0 Å². The summed E-state index contributed by atoms with van der Waals surface area (Å²) in [5.41, 5.74) is 0. The van der Waals surface area contributed by atoms with Gasteiger partial charge in [0.25, 0.3) is 0 Å². The van der Waals surface area contributed by atoms with Gasteiger partial charge >= 0.3 is 0 Å². The standard InChI is InChI=1S/C12H25N3O2/c1-3-11(16)4-5-13-10-12(17)15-8-6-14(2)7-9-15/h11,13,16H,3-10H2,1-2H3. The Morgan fingerprint density at radius 3 is 2.59 bits per heavy atom. The highest BCUT2D eigenvalue weighted by atomic mass is 16.3. The van der Waals surface area contributed by atoms with Crippen molar-refractivity contribution in [2.45, 2.75) is 25.9 Å². The maximum Gasteiger partial charge on any atom is 0.236 e. The molecule has 0 saturated carbocycles. The zero-order valence-corrected chi connectivity index (χ0v) is 11.0. The van der Waals surface area contributed by atoms with E-state index in [0.29, 0.717) is 19.5 Å². The second kappa shape index (κ2) is 7.63. The fourth-order valence-electron chi connectivity index (χ4n) is 1.84. The molecule has 5 nitrogen and oxygen atoms in total. The first kappa shape index (κ1) is 14.4. The number of amides is 1. The molecule has 0 spiro atoms. The molecule has 17 heavy (non-hydrogen) atoms. The van der Waals surface area contributed by atoms with E-state index in [0.717, 1.165) is 32.6 Å². The van der Waals surface area contributed by atoms with Crippen molar-refractivity contribution in [3.8, 4) is 0 Å². The van der Waals surface area contributed by atoms with Crippen molar-refractivity contribution < 1.29 is 9.90 Å². The summed E-state index contributed by atoms with van der Waals surface area (Å²) in [5, 5.41) is 12.5. The Morgan fingerprint density at radius 1 is 1.35 bits per heavy atom. The van der Waals surface area contributed by atoms with E-state index >= 15 is 0 Å². The molecule has 1 aliphatic heterocycles. The van der Waals surface area contributed by atoms with Crippen molar-refractivity contribution in [3.63, 3.8) is 0 Å². The van der Waals surface area contributed by atoms with Gasteiger partial charge in [0.2, 0.25) is 5.91 Å². The fourth-order valence-corrected chi connectivity index (χ4v) is 1.84. The second-order valence-electron chi connectivity index (χ2n) is 4.71. The van der Waals surface area contributed by atoms with Gasteiger partial charge in [0, 0.05) is 26.2 Å². The number of rotatable bonds is 6. The van der Waals surface area contributed by atoms with Crippen LogP contribution in [-0.4, -0.2) is 73.2 Å². The Kier molecular flexibility index (Phi) is 6.47. The number of carbonyl (C=O) groups excluding carboxylic acids is 1. The Labute approximate surface area is 104 Å². The second-order valence-corrected chi connectivity index (χ2v) is 4.71. The summed E-state index contributed by atoms with van der Waals surface area (Å²) in [4.78, 5) is 15.9. The molecule has 1 unspecified atom stereocenters. The van der Waals surface area contributed by atoms with Crippen LogP contribution in [0.3, 0.4) is 0 Å². The van der Waals surface area contributed by atoms with Crippen LogP contribution in [0.15, 0.2) is 0 Å². The Morgan fingerprint density at radius 2 is 2.00 bits per heavy atom. The largest absolute Gasteiger partial charge is 0.393 e. The molecule has 100 valence electrons. The van der Waals surface area contributed by atoms with Crippen LogP contribution in [0.5, 0.6) is 0 Å². The molecule has 1 heterocycles. The molecule has 2 N–H and O–H groups in total. The van der Waals surface area contributed by atoms with Crippen LogP contribution in [0.1, 0.15) is 19.8 Å². The third kappa shape index (κ3) is 5.48. The van der Waals surface area contributed by atoms with Crippen molar-refractivity contribution in [1.29, 1.82) is 0 Å². The number of hydrogen-bond acceptors (Lipinski definition) is 4. The maximum atomic E-state index is 11.8. The van der Waals surface area contributed by atoms with E-state index in [2.05, 4.69) is 17.3 Å². The number of aliphatic hydroxyl groups excluding tert-OH is 1. The minimum absolute atomic E-state index is 0.170. The average Bonchev–Trinajstić information content (AvgIpc) is 2.34. The summed E-state index contributed by atoms with van der Waals surface area (Å²) in [5.74, 6) is 0.170. The van der Waals surface area contributed by atoms with E-state index in [-0.39, 0.29) is 12.0 Å². The average molecular weight is 243 g/mol. The number of carbonyl (C=O) groups is 1. The monoisotopic (exact) mass is 243 g/mol. The topological polar surface area (TPSA) is 55.8 Å². The number of likely N-dealkylation sites (N-methyl/N-ethyl adjacent to an activating group) is 1. The van der Waals surface area contributed by atoms with Gasteiger partial charge in [-0.15, -0.1) is 0 Å². The molecular formula is C12H25N3O2. The summed E-state index contributed by atoms with van der Waals surface area (Å²) in [6.07, 6.45) is 1.24. The van der Waals surface area contributed by atoms with Gasteiger partial charge in [-0.3, -0.25) is 4.79 Å². The summed E-state index contributed by atoms with van der Waals surface area (Å²) >= 11 is 0. The highest BCUT2D eigenvalue weighted by Gasteiger charge is 2.18. The first-order valence-electron chi connectivity index (χ1n) is 6.48. The SMILES string of the molecule is CCC(O)CCNCC(=O)N1CCN(C)CC1. The lowest BCUT2D eigenvalue weighted by Gasteiger charge is -2.32. The molecule has 5 heteroatoms. The third-order valence-electron chi connectivity index (χ3n) is 3.26. The first-order valence-corrected chi connectivity index (χ1v) is 6.48.